The second kappa shape index (κ2) is 6.93. The maximum absolute atomic E-state index is 11.1. The number of amides is 1. The molecule has 1 aliphatic heterocycles. The van der Waals surface area contributed by atoms with Gasteiger partial charge in [0.05, 0.1) is 5.69 Å². The van der Waals surface area contributed by atoms with Crippen LogP contribution >= 0.6 is 0 Å². The maximum atomic E-state index is 11.1. The summed E-state index contributed by atoms with van der Waals surface area (Å²) in [5, 5.41) is 11.0. The number of hydrogen-bond donors (Lipinski definition) is 2. The predicted molar refractivity (Wildman–Crippen MR) is 84.4 cm³/mol. The normalized spacial score (nSPS) is 16.3. The van der Waals surface area contributed by atoms with E-state index >= 15 is 0 Å². The molecule has 6 nitrogen and oxygen atoms in total. The fourth-order valence-corrected chi connectivity index (χ4v) is 3.07. The molecule has 0 spiro atoms. The lowest BCUT2D eigenvalue weighted by atomic mass is 10.0. The van der Waals surface area contributed by atoms with Crippen LogP contribution in [0.5, 0.6) is 0 Å². The van der Waals surface area contributed by atoms with E-state index in [1.165, 1.54) is 11.4 Å². The molecule has 21 heavy (non-hydrogen) atoms. The van der Waals surface area contributed by atoms with Gasteiger partial charge in [0.25, 0.3) is 0 Å². The Morgan fingerprint density at radius 2 is 2.05 bits per heavy atom. The first-order valence-corrected chi connectivity index (χ1v) is 7.78. The molecule has 1 aromatic rings. The quantitative estimate of drug-likeness (QED) is 0.848. The monoisotopic (exact) mass is 293 g/mol. The highest BCUT2D eigenvalue weighted by atomic mass is 16.1. The number of aryl methyl sites for hydroxylation is 2. The molecule has 0 radical (unpaired) electrons. The Kier molecular flexibility index (Phi) is 5.22. The van der Waals surface area contributed by atoms with Crippen molar-refractivity contribution in [3.05, 3.63) is 11.3 Å². The molecule has 2 N–H and O–H groups in total. The van der Waals surface area contributed by atoms with Gasteiger partial charge in [0.2, 0.25) is 5.91 Å². The summed E-state index contributed by atoms with van der Waals surface area (Å²) in [6.07, 6.45) is 1.98. The van der Waals surface area contributed by atoms with Crippen LogP contribution in [0.25, 0.3) is 0 Å². The molecule has 1 saturated heterocycles. The molecule has 2 rings (SSSR count). The van der Waals surface area contributed by atoms with E-state index in [2.05, 4.69) is 34.5 Å². The molecule has 1 fully saturated rings. The first-order valence-electron chi connectivity index (χ1n) is 7.78. The van der Waals surface area contributed by atoms with Crippen molar-refractivity contribution in [3.8, 4) is 0 Å². The minimum Gasteiger partial charge on any atom is -0.356 e. The van der Waals surface area contributed by atoms with E-state index in [0.717, 1.165) is 44.7 Å². The van der Waals surface area contributed by atoms with Crippen molar-refractivity contribution in [2.75, 3.05) is 24.5 Å². The van der Waals surface area contributed by atoms with Gasteiger partial charge < -0.3 is 15.5 Å². The van der Waals surface area contributed by atoms with E-state index in [9.17, 15) is 4.79 Å². The second-order valence-corrected chi connectivity index (χ2v) is 5.75. The van der Waals surface area contributed by atoms with E-state index in [0.29, 0.717) is 6.04 Å². The summed E-state index contributed by atoms with van der Waals surface area (Å²) >= 11 is 0. The predicted octanol–water partition coefficient (Wildman–Crippen LogP) is 0.943. The lowest BCUT2D eigenvalue weighted by Gasteiger charge is -2.34. The van der Waals surface area contributed by atoms with Crippen LogP contribution in [-0.4, -0.2) is 41.4 Å². The smallest absolute Gasteiger partial charge is 0.217 e. The van der Waals surface area contributed by atoms with Crippen LogP contribution in [0.3, 0.4) is 0 Å². The van der Waals surface area contributed by atoms with E-state index in [4.69, 9.17) is 0 Å². The summed E-state index contributed by atoms with van der Waals surface area (Å²) in [6, 6.07) is 0.310. The van der Waals surface area contributed by atoms with Crippen LogP contribution in [0.2, 0.25) is 0 Å². The van der Waals surface area contributed by atoms with Gasteiger partial charge in [-0.25, -0.2) is 0 Å². The van der Waals surface area contributed by atoms with Crippen LogP contribution in [0.4, 0.5) is 5.82 Å². The van der Waals surface area contributed by atoms with Crippen molar-refractivity contribution in [3.63, 3.8) is 0 Å². The average Bonchev–Trinajstić information content (AvgIpc) is 2.71. The minimum absolute atomic E-state index is 0.0673. The van der Waals surface area contributed by atoms with Gasteiger partial charge in [-0.3, -0.25) is 9.48 Å². The highest BCUT2D eigenvalue weighted by Gasteiger charge is 2.24. The Balaban J connectivity index is 2.07. The van der Waals surface area contributed by atoms with Gasteiger partial charge in [-0.1, -0.05) is 6.92 Å². The fraction of sp³-hybridized carbons (Fsp3) is 0.733. The summed E-state index contributed by atoms with van der Waals surface area (Å²) in [7, 11) is 2.01. The minimum atomic E-state index is 0.0673. The molecule has 0 unspecified atom stereocenters. The Bertz CT molecular complexity index is 488. The van der Waals surface area contributed by atoms with E-state index in [-0.39, 0.29) is 5.91 Å². The number of piperidine rings is 1. The molecule has 0 atom stereocenters. The molecule has 0 aromatic carbocycles. The lowest BCUT2D eigenvalue weighted by molar-refractivity contribution is -0.119. The first-order chi connectivity index (χ1) is 10.0. The zero-order valence-corrected chi connectivity index (χ0v) is 13.6. The number of carbonyl (C=O) groups excluding carboxylic acids is 1. The lowest BCUT2D eigenvalue weighted by Crippen LogP contribution is -2.44. The number of nitrogens with one attached hydrogen (secondary N) is 2. The summed E-state index contributed by atoms with van der Waals surface area (Å²) < 4.78 is 1.99. The highest BCUT2D eigenvalue weighted by molar-refractivity contribution is 5.73. The summed E-state index contributed by atoms with van der Waals surface area (Å²) in [5.41, 5.74) is 2.38. The van der Waals surface area contributed by atoms with E-state index in [1.54, 1.807) is 6.92 Å². The van der Waals surface area contributed by atoms with E-state index < -0.39 is 0 Å². The van der Waals surface area contributed by atoms with Gasteiger partial charge >= 0.3 is 0 Å². The third kappa shape index (κ3) is 3.75. The molecule has 0 aliphatic carbocycles. The fourth-order valence-electron chi connectivity index (χ4n) is 3.07. The van der Waals surface area contributed by atoms with Gasteiger partial charge in [-0.2, -0.15) is 5.10 Å². The van der Waals surface area contributed by atoms with Crippen LogP contribution in [0.15, 0.2) is 0 Å². The third-order valence-electron chi connectivity index (χ3n) is 4.07. The van der Waals surface area contributed by atoms with Crippen LogP contribution in [-0.2, 0) is 18.4 Å². The maximum Gasteiger partial charge on any atom is 0.217 e. The number of rotatable bonds is 5. The Hall–Kier alpha value is -1.56. The van der Waals surface area contributed by atoms with Crippen molar-refractivity contribution < 1.29 is 4.79 Å². The molecule has 2 heterocycles. The SMILES string of the molecule is CCNCc1c(C)nn(C)c1N1CCC(NC(C)=O)CC1. The van der Waals surface area contributed by atoms with Gasteiger partial charge in [0.15, 0.2) is 0 Å². The average molecular weight is 293 g/mol. The molecule has 118 valence electrons. The van der Waals surface area contributed by atoms with Gasteiger partial charge in [-0.15, -0.1) is 0 Å². The number of aromatic nitrogens is 2. The Labute approximate surface area is 126 Å². The zero-order chi connectivity index (χ0) is 15.4. The van der Waals surface area contributed by atoms with Crippen molar-refractivity contribution in [2.24, 2.45) is 7.05 Å². The molecule has 1 amide bonds. The molecular weight excluding hydrogens is 266 g/mol. The second-order valence-electron chi connectivity index (χ2n) is 5.75. The molecular formula is C15H27N5O. The number of nitrogens with zero attached hydrogens (tertiary/aromatic N) is 3. The van der Waals surface area contributed by atoms with Crippen molar-refractivity contribution >= 4 is 11.7 Å². The first kappa shape index (κ1) is 15.8. The highest BCUT2D eigenvalue weighted by Crippen LogP contribution is 2.26. The summed E-state index contributed by atoms with van der Waals surface area (Å²) in [5.74, 6) is 1.28. The number of hydrogen-bond acceptors (Lipinski definition) is 4. The van der Waals surface area contributed by atoms with Gasteiger partial charge in [0, 0.05) is 45.2 Å². The molecule has 0 saturated carbocycles. The van der Waals surface area contributed by atoms with Crippen molar-refractivity contribution in [1.82, 2.24) is 20.4 Å². The third-order valence-corrected chi connectivity index (χ3v) is 4.07. The van der Waals surface area contributed by atoms with Crippen molar-refractivity contribution in [1.29, 1.82) is 0 Å². The van der Waals surface area contributed by atoms with Crippen LogP contribution < -0.4 is 15.5 Å². The topological polar surface area (TPSA) is 62.2 Å². The van der Waals surface area contributed by atoms with Crippen LogP contribution in [0.1, 0.15) is 37.9 Å². The molecule has 1 aliphatic rings. The molecule has 0 bridgehead atoms. The molecule has 6 heteroatoms. The standard InChI is InChI=1S/C15H27N5O/c1-5-16-10-14-11(2)18-19(4)15(14)20-8-6-13(7-9-20)17-12(3)21/h13,16H,5-10H2,1-4H3,(H,17,21). The zero-order valence-electron chi connectivity index (χ0n) is 13.6. The Morgan fingerprint density at radius 1 is 1.38 bits per heavy atom. The Morgan fingerprint density at radius 3 is 2.62 bits per heavy atom. The van der Waals surface area contributed by atoms with Gasteiger partial charge in [-0.05, 0) is 26.3 Å². The molecule has 1 aromatic heterocycles. The number of carbonyl (C=O) groups is 1. The summed E-state index contributed by atoms with van der Waals surface area (Å²) in [6.45, 7) is 9.51. The van der Waals surface area contributed by atoms with Crippen LogP contribution in [0, 0.1) is 6.92 Å². The van der Waals surface area contributed by atoms with E-state index in [1.807, 2.05) is 11.7 Å². The van der Waals surface area contributed by atoms with Gasteiger partial charge in [0.1, 0.15) is 5.82 Å². The summed E-state index contributed by atoms with van der Waals surface area (Å²) in [4.78, 5) is 13.5. The number of anilines is 1. The van der Waals surface area contributed by atoms with Crippen molar-refractivity contribution in [2.45, 2.75) is 46.2 Å². The largest absolute Gasteiger partial charge is 0.356 e.